The maximum absolute atomic E-state index is 13.1. The van der Waals surface area contributed by atoms with Crippen molar-refractivity contribution in [2.24, 2.45) is 0 Å². The van der Waals surface area contributed by atoms with Crippen LogP contribution in [0.15, 0.2) is 18.2 Å². The fourth-order valence-corrected chi connectivity index (χ4v) is 3.50. The molecule has 1 N–H and O–H groups in total. The average Bonchev–Trinajstić information content (AvgIpc) is 2.67. The summed E-state index contributed by atoms with van der Waals surface area (Å²) >= 11 is 6.04. The Balaban J connectivity index is 1.91. The van der Waals surface area contributed by atoms with E-state index in [4.69, 9.17) is 11.6 Å². The number of carbonyl (C=O) groups excluding carboxylic acids is 2. The zero-order chi connectivity index (χ0) is 15.0. The lowest BCUT2D eigenvalue weighted by Gasteiger charge is -2.38. The molecule has 0 unspecified atom stereocenters. The van der Waals surface area contributed by atoms with Crippen molar-refractivity contribution in [3.8, 4) is 0 Å². The molecule has 6 heteroatoms. The van der Waals surface area contributed by atoms with Gasteiger partial charge in [-0.3, -0.25) is 10.1 Å². The number of nitrogens with one attached hydrogen (secondary N) is 1. The van der Waals surface area contributed by atoms with Gasteiger partial charge < -0.3 is 4.90 Å². The Morgan fingerprint density at radius 1 is 1.24 bits per heavy atom. The third kappa shape index (κ3) is 2.39. The summed E-state index contributed by atoms with van der Waals surface area (Å²) in [6.45, 7) is 0.219. The van der Waals surface area contributed by atoms with E-state index in [2.05, 4.69) is 5.32 Å². The number of hydrogen-bond acceptors (Lipinski definition) is 2. The van der Waals surface area contributed by atoms with Crippen molar-refractivity contribution in [3.63, 3.8) is 0 Å². The molecule has 0 bridgehead atoms. The highest BCUT2D eigenvalue weighted by atomic mass is 35.5. The highest BCUT2D eigenvalue weighted by Gasteiger charge is 2.52. The molecule has 0 atom stereocenters. The molecule has 1 spiro atoms. The van der Waals surface area contributed by atoms with E-state index >= 15 is 0 Å². The monoisotopic (exact) mass is 310 g/mol. The van der Waals surface area contributed by atoms with Gasteiger partial charge in [-0.1, -0.05) is 36.9 Å². The minimum absolute atomic E-state index is 0.217. The molecule has 3 amide bonds. The summed E-state index contributed by atoms with van der Waals surface area (Å²) in [6.07, 6.45) is 4.27. The molecule has 1 aliphatic heterocycles. The molecular weight excluding hydrogens is 295 g/mol. The Morgan fingerprint density at radius 3 is 2.62 bits per heavy atom. The van der Waals surface area contributed by atoms with Crippen LogP contribution in [-0.2, 0) is 11.3 Å². The minimum Gasteiger partial charge on any atom is -0.305 e. The van der Waals surface area contributed by atoms with Crippen molar-refractivity contribution in [3.05, 3.63) is 34.6 Å². The predicted octanol–water partition coefficient (Wildman–Crippen LogP) is 3.23. The Labute approximate surface area is 127 Å². The van der Waals surface area contributed by atoms with Gasteiger partial charge in [-0.25, -0.2) is 9.18 Å². The van der Waals surface area contributed by atoms with E-state index in [1.54, 1.807) is 11.0 Å². The number of nitrogens with zero attached hydrogens (tertiary/aromatic N) is 1. The Kier molecular flexibility index (Phi) is 3.61. The molecule has 1 aromatic carbocycles. The molecule has 1 heterocycles. The second-order valence-electron chi connectivity index (χ2n) is 5.67. The van der Waals surface area contributed by atoms with Crippen molar-refractivity contribution >= 4 is 23.5 Å². The normalized spacial score (nSPS) is 21.0. The largest absolute Gasteiger partial charge is 0.325 e. The molecule has 1 saturated heterocycles. The molecule has 2 fully saturated rings. The quantitative estimate of drug-likeness (QED) is 0.853. The van der Waals surface area contributed by atoms with Crippen LogP contribution in [0, 0.1) is 5.82 Å². The maximum atomic E-state index is 13.1. The lowest BCUT2D eigenvalue weighted by atomic mass is 9.80. The summed E-state index contributed by atoms with van der Waals surface area (Å²) in [4.78, 5) is 25.9. The molecule has 1 saturated carbocycles. The first-order chi connectivity index (χ1) is 10.0. The molecule has 4 nitrogen and oxygen atoms in total. The SMILES string of the molecule is O=C1NC(=O)C2(CCCCC2)N1Cc1ccc(F)cc1Cl. The van der Waals surface area contributed by atoms with Crippen molar-refractivity contribution in [1.82, 2.24) is 10.2 Å². The Bertz CT molecular complexity index is 599. The van der Waals surface area contributed by atoms with E-state index in [1.165, 1.54) is 12.1 Å². The van der Waals surface area contributed by atoms with E-state index in [-0.39, 0.29) is 23.5 Å². The molecule has 0 radical (unpaired) electrons. The van der Waals surface area contributed by atoms with Crippen molar-refractivity contribution in [1.29, 1.82) is 0 Å². The van der Waals surface area contributed by atoms with Crippen LogP contribution in [0.2, 0.25) is 5.02 Å². The first kappa shape index (κ1) is 14.3. The number of imide groups is 1. The van der Waals surface area contributed by atoms with Crippen molar-refractivity contribution < 1.29 is 14.0 Å². The van der Waals surface area contributed by atoms with Gasteiger partial charge in [0.15, 0.2) is 0 Å². The zero-order valence-corrected chi connectivity index (χ0v) is 12.3. The molecule has 1 aromatic rings. The van der Waals surface area contributed by atoms with E-state index in [0.29, 0.717) is 18.4 Å². The molecule has 2 aliphatic rings. The Morgan fingerprint density at radius 2 is 1.95 bits per heavy atom. The number of urea groups is 1. The summed E-state index contributed by atoms with van der Waals surface area (Å²) in [5.74, 6) is -0.636. The van der Waals surface area contributed by atoms with Crippen LogP contribution in [0.4, 0.5) is 9.18 Å². The van der Waals surface area contributed by atoms with Gasteiger partial charge in [-0.2, -0.15) is 0 Å². The van der Waals surface area contributed by atoms with E-state index in [1.807, 2.05) is 0 Å². The van der Waals surface area contributed by atoms with Gasteiger partial charge in [0.25, 0.3) is 5.91 Å². The topological polar surface area (TPSA) is 49.4 Å². The van der Waals surface area contributed by atoms with Crippen LogP contribution in [-0.4, -0.2) is 22.4 Å². The van der Waals surface area contributed by atoms with Crippen LogP contribution < -0.4 is 5.32 Å². The van der Waals surface area contributed by atoms with Gasteiger partial charge in [0.2, 0.25) is 0 Å². The van der Waals surface area contributed by atoms with Crippen molar-refractivity contribution in [2.45, 2.75) is 44.2 Å². The molecular formula is C15H16ClFN2O2. The summed E-state index contributed by atoms with van der Waals surface area (Å²) in [7, 11) is 0. The first-order valence-corrected chi connectivity index (χ1v) is 7.48. The van der Waals surface area contributed by atoms with E-state index in [9.17, 15) is 14.0 Å². The zero-order valence-electron chi connectivity index (χ0n) is 11.5. The second-order valence-corrected chi connectivity index (χ2v) is 6.08. The van der Waals surface area contributed by atoms with Gasteiger partial charge in [0.1, 0.15) is 11.4 Å². The third-order valence-electron chi connectivity index (χ3n) is 4.43. The van der Waals surface area contributed by atoms with Crippen LogP contribution in [0.1, 0.15) is 37.7 Å². The number of halogens is 2. The first-order valence-electron chi connectivity index (χ1n) is 7.10. The number of amides is 3. The summed E-state index contributed by atoms with van der Waals surface area (Å²) in [5, 5.41) is 2.68. The highest BCUT2D eigenvalue weighted by molar-refractivity contribution is 6.31. The summed E-state index contributed by atoms with van der Waals surface area (Å²) in [5.41, 5.74) is -0.111. The Hall–Kier alpha value is -1.62. The highest BCUT2D eigenvalue weighted by Crippen LogP contribution is 2.38. The standard InChI is InChI=1S/C15H16ClFN2O2/c16-12-8-11(17)5-4-10(12)9-19-14(21)18-13(20)15(19)6-2-1-3-7-15/h4-5,8H,1-3,6-7,9H2,(H,18,20,21). The number of carbonyl (C=O) groups is 2. The van der Waals surface area contributed by atoms with Crippen LogP contribution in [0.5, 0.6) is 0 Å². The third-order valence-corrected chi connectivity index (χ3v) is 4.78. The van der Waals surface area contributed by atoms with E-state index in [0.717, 1.165) is 19.3 Å². The molecule has 21 heavy (non-hydrogen) atoms. The summed E-state index contributed by atoms with van der Waals surface area (Å²) in [6, 6.07) is 3.71. The van der Waals surface area contributed by atoms with Gasteiger partial charge in [-0.05, 0) is 30.5 Å². The van der Waals surface area contributed by atoms with Crippen LogP contribution in [0.25, 0.3) is 0 Å². The van der Waals surface area contributed by atoms with Crippen LogP contribution in [0.3, 0.4) is 0 Å². The predicted molar refractivity (Wildman–Crippen MR) is 76.3 cm³/mol. The number of rotatable bonds is 2. The number of hydrogen-bond donors (Lipinski definition) is 1. The van der Waals surface area contributed by atoms with Crippen LogP contribution >= 0.6 is 11.6 Å². The smallest absolute Gasteiger partial charge is 0.305 e. The van der Waals surface area contributed by atoms with Gasteiger partial charge in [0, 0.05) is 11.6 Å². The fraction of sp³-hybridized carbons (Fsp3) is 0.467. The molecule has 3 rings (SSSR count). The fourth-order valence-electron chi connectivity index (χ4n) is 3.27. The maximum Gasteiger partial charge on any atom is 0.325 e. The average molecular weight is 311 g/mol. The van der Waals surface area contributed by atoms with Gasteiger partial charge in [0.05, 0.1) is 0 Å². The molecule has 0 aromatic heterocycles. The van der Waals surface area contributed by atoms with Gasteiger partial charge >= 0.3 is 6.03 Å². The lowest BCUT2D eigenvalue weighted by Crippen LogP contribution is -2.50. The van der Waals surface area contributed by atoms with Crippen molar-refractivity contribution in [2.75, 3.05) is 0 Å². The molecule has 1 aliphatic carbocycles. The second kappa shape index (κ2) is 5.30. The molecule has 112 valence electrons. The summed E-state index contributed by atoms with van der Waals surface area (Å²) < 4.78 is 13.1. The minimum atomic E-state index is -0.757. The lowest BCUT2D eigenvalue weighted by molar-refractivity contribution is -0.128. The number of benzene rings is 1. The van der Waals surface area contributed by atoms with Gasteiger partial charge in [-0.15, -0.1) is 0 Å². The van der Waals surface area contributed by atoms with E-state index < -0.39 is 11.4 Å².